The standard InChI is InChI=1S/C24H22N4O2/c1-28-16-22(18-9-11-25-12-10-18)23(27-28)19-6-3-5-17(13-19)15-26-24(29)20-7-4-8-21(14-20)30-2/h3-14,16H,15H2,1-2H3,(H,26,29). The molecule has 2 aromatic heterocycles. The van der Waals surface area contributed by atoms with Crippen LogP contribution in [0.4, 0.5) is 0 Å². The number of ether oxygens (including phenoxy) is 1. The van der Waals surface area contributed by atoms with E-state index in [0.717, 1.165) is 27.9 Å². The summed E-state index contributed by atoms with van der Waals surface area (Å²) in [5.41, 5.74) is 5.55. The van der Waals surface area contributed by atoms with Crippen LogP contribution in [0.25, 0.3) is 22.4 Å². The highest BCUT2D eigenvalue weighted by atomic mass is 16.5. The third kappa shape index (κ3) is 4.22. The molecule has 2 heterocycles. The van der Waals surface area contributed by atoms with Gasteiger partial charge in [-0.25, -0.2) is 0 Å². The van der Waals surface area contributed by atoms with E-state index in [-0.39, 0.29) is 5.91 Å². The quantitative estimate of drug-likeness (QED) is 0.531. The Morgan fingerprint density at radius 3 is 2.63 bits per heavy atom. The number of methoxy groups -OCH3 is 1. The molecule has 0 atom stereocenters. The van der Waals surface area contributed by atoms with Crippen LogP contribution in [0.1, 0.15) is 15.9 Å². The number of aryl methyl sites for hydroxylation is 1. The highest BCUT2D eigenvalue weighted by Crippen LogP contribution is 2.30. The Balaban J connectivity index is 1.55. The van der Waals surface area contributed by atoms with Crippen molar-refractivity contribution in [1.29, 1.82) is 0 Å². The zero-order chi connectivity index (χ0) is 20.9. The average Bonchev–Trinajstić information content (AvgIpc) is 3.20. The molecule has 0 saturated carbocycles. The Morgan fingerprint density at radius 2 is 1.83 bits per heavy atom. The molecule has 6 nitrogen and oxygen atoms in total. The Morgan fingerprint density at radius 1 is 1.03 bits per heavy atom. The van der Waals surface area contributed by atoms with Crippen LogP contribution in [0.15, 0.2) is 79.3 Å². The van der Waals surface area contributed by atoms with Crippen LogP contribution < -0.4 is 10.1 Å². The fourth-order valence-corrected chi connectivity index (χ4v) is 3.32. The second-order valence-electron chi connectivity index (χ2n) is 6.92. The number of carbonyl (C=O) groups is 1. The van der Waals surface area contributed by atoms with Gasteiger partial charge in [-0.05, 0) is 47.5 Å². The van der Waals surface area contributed by atoms with Crippen LogP contribution in [0.2, 0.25) is 0 Å². The molecule has 4 rings (SSSR count). The number of rotatable bonds is 6. The summed E-state index contributed by atoms with van der Waals surface area (Å²) in [5.74, 6) is 0.512. The van der Waals surface area contributed by atoms with Crippen molar-refractivity contribution in [2.45, 2.75) is 6.54 Å². The highest BCUT2D eigenvalue weighted by Gasteiger charge is 2.13. The van der Waals surface area contributed by atoms with Gasteiger partial charge in [-0.3, -0.25) is 14.5 Å². The summed E-state index contributed by atoms with van der Waals surface area (Å²) in [4.78, 5) is 16.6. The van der Waals surface area contributed by atoms with Crippen LogP contribution in [0.5, 0.6) is 5.75 Å². The fourth-order valence-electron chi connectivity index (χ4n) is 3.32. The summed E-state index contributed by atoms with van der Waals surface area (Å²) in [5, 5.41) is 7.62. The largest absolute Gasteiger partial charge is 0.497 e. The van der Waals surface area contributed by atoms with Crippen LogP contribution in [-0.2, 0) is 13.6 Å². The lowest BCUT2D eigenvalue weighted by molar-refractivity contribution is 0.0950. The molecule has 30 heavy (non-hydrogen) atoms. The van der Waals surface area contributed by atoms with E-state index in [1.165, 1.54) is 0 Å². The van der Waals surface area contributed by atoms with Crippen LogP contribution in [-0.4, -0.2) is 27.8 Å². The van der Waals surface area contributed by atoms with Gasteiger partial charge in [-0.1, -0.05) is 24.3 Å². The van der Waals surface area contributed by atoms with E-state index in [1.807, 2.05) is 54.3 Å². The van der Waals surface area contributed by atoms with E-state index in [9.17, 15) is 4.79 Å². The van der Waals surface area contributed by atoms with Gasteiger partial charge in [0.1, 0.15) is 11.4 Å². The first-order valence-corrected chi connectivity index (χ1v) is 9.59. The molecule has 6 heteroatoms. The van der Waals surface area contributed by atoms with Crippen molar-refractivity contribution in [2.75, 3.05) is 7.11 Å². The first-order valence-electron chi connectivity index (χ1n) is 9.59. The Kier molecular flexibility index (Phi) is 5.57. The summed E-state index contributed by atoms with van der Waals surface area (Å²) in [6, 6.07) is 19.1. The van der Waals surface area contributed by atoms with E-state index in [1.54, 1.807) is 37.7 Å². The molecule has 0 fully saturated rings. The maximum absolute atomic E-state index is 12.5. The van der Waals surface area contributed by atoms with Crippen LogP contribution in [0.3, 0.4) is 0 Å². The minimum atomic E-state index is -0.144. The van der Waals surface area contributed by atoms with Crippen LogP contribution >= 0.6 is 0 Å². The minimum Gasteiger partial charge on any atom is -0.497 e. The van der Waals surface area contributed by atoms with Gasteiger partial charge in [-0.15, -0.1) is 0 Å². The first kappa shape index (κ1) is 19.4. The number of pyridine rings is 1. The summed E-state index contributed by atoms with van der Waals surface area (Å²) in [7, 11) is 3.49. The third-order valence-corrected chi connectivity index (χ3v) is 4.81. The molecule has 0 aliphatic rings. The van der Waals surface area contributed by atoms with E-state index in [2.05, 4.69) is 21.5 Å². The lowest BCUT2D eigenvalue weighted by atomic mass is 10.0. The van der Waals surface area contributed by atoms with E-state index in [0.29, 0.717) is 17.9 Å². The molecular formula is C24H22N4O2. The maximum atomic E-state index is 12.5. The summed E-state index contributed by atoms with van der Waals surface area (Å²) in [6.45, 7) is 0.418. The zero-order valence-corrected chi connectivity index (χ0v) is 16.9. The second kappa shape index (κ2) is 8.61. The zero-order valence-electron chi connectivity index (χ0n) is 16.9. The number of nitrogens with zero attached hydrogens (tertiary/aromatic N) is 3. The first-order chi connectivity index (χ1) is 14.6. The molecule has 1 amide bonds. The second-order valence-corrected chi connectivity index (χ2v) is 6.92. The highest BCUT2D eigenvalue weighted by molar-refractivity contribution is 5.94. The SMILES string of the molecule is COc1cccc(C(=O)NCc2cccc(-c3nn(C)cc3-c3ccncc3)c2)c1. The van der Waals surface area contributed by atoms with E-state index >= 15 is 0 Å². The molecule has 0 bridgehead atoms. The monoisotopic (exact) mass is 398 g/mol. The Labute approximate surface area is 175 Å². The number of aromatic nitrogens is 3. The number of amides is 1. The van der Waals surface area contributed by atoms with Crippen molar-refractivity contribution in [3.05, 3.63) is 90.4 Å². The molecular weight excluding hydrogens is 376 g/mol. The molecule has 0 aliphatic carbocycles. The topological polar surface area (TPSA) is 69.0 Å². The fraction of sp³-hybridized carbons (Fsp3) is 0.125. The molecule has 4 aromatic rings. The third-order valence-electron chi connectivity index (χ3n) is 4.81. The van der Waals surface area contributed by atoms with Crippen molar-refractivity contribution in [1.82, 2.24) is 20.1 Å². The molecule has 0 unspecified atom stereocenters. The summed E-state index contributed by atoms with van der Waals surface area (Å²) < 4.78 is 7.00. The predicted molar refractivity (Wildman–Crippen MR) is 116 cm³/mol. The van der Waals surface area contributed by atoms with Gasteiger partial charge < -0.3 is 10.1 Å². The summed E-state index contributed by atoms with van der Waals surface area (Å²) >= 11 is 0. The summed E-state index contributed by atoms with van der Waals surface area (Å²) in [6.07, 6.45) is 5.55. The molecule has 0 aliphatic heterocycles. The lowest BCUT2D eigenvalue weighted by Crippen LogP contribution is -2.22. The number of benzene rings is 2. The average molecular weight is 398 g/mol. The van der Waals surface area contributed by atoms with Gasteiger partial charge >= 0.3 is 0 Å². The van der Waals surface area contributed by atoms with Crippen molar-refractivity contribution < 1.29 is 9.53 Å². The number of nitrogens with one attached hydrogen (secondary N) is 1. The molecule has 0 saturated heterocycles. The number of hydrogen-bond donors (Lipinski definition) is 1. The van der Waals surface area contributed by atoms with Crippen molar-refractivity contribution in [3.63, 3.8) is 0 Å². The normalized spacial score (nSPS) is 10.6. The van der Waals surface area contributed by atoms with Gasteiger partial charge in [0.25, 0.3) is 5.91 Å². The maximum Gasteiger partial charge on any atom is 0.251 e. The van der Waals surface area contributed by atoms with E-state index in [4.69, 9.17) is 4.74 Å². The van der Waals surface area contributed by atoms with Gasteiger partial charge in [0.05, 0.1) is 7.11 Å². The van der Waals surface area contributed by atoms with E-state index < -0.39 is 0 Å². The van der Waals surface area contributed by atoms with Gasteiger partial charge in [0, 0.05) is 48.9 Å². The Hall–Kier alpha value is -3.93. The Bertz CT molecular complexity index is 1170. The van der Waals surface area contributed by atoms with Crippen molar-refractivity contribution in [3.8, 4) is 28.1 Å². The predicted octanol–water partition coefficient (Wildman–Crippen LogP) is 4.09. The van der Waals surface area contributed by atoms with Crippen LogP contribution in [0, 0.1) is 0 Å². The molecule has 1 N–H and O–H groups in total. The number of hydrogen-bond acceptors (Lipinski definition) is 4. The van der Waals surface area contributed by atoms with Gasteiger partial charge in [-0.2, -0.15) is 5.10 Å². The van der Waals surface area contributed by atoms with Gasteiger partial charge in [0.15, 0.2) is 0 Å². The molecule has 0 spiro atoms. The van der Waals surface area contributed by atoms with Crippen molar-refractivity contribution >= 4 is 5.91 Å². The lowest BCUT2D eigenvalue weighted by Gasteiger charge is -2.09. The number of carbonyl (C=O) groups excluding carboxylic acids is 1. The van der Waals surface area contributed by atoms with Gasteiger partial charge in [0.2, 0.25) is 0 Å². The molecule has 150 valence electrons. The minimum absolute atomic E-state index is 0.144. The smallest absolute Gasteiger partial charge is 0.251 e. The molecule has 2 aromatic carbocycles. The molecule has 0 radical (unpaired) electrons. The van der Waals surface area contributed by atoms with Crippen molar-refractivity contribution in [2.24, 2.45) is 7.05 Å².